The number of carbonyl (C=O) groups is 2. The Morgan fingerprint density at radius 3 is 1.21 bits per heavy atom. The summed E-state index contributed by atoms with van der Waals surface area (Å²) in [5.74, 6) is -1.86. The van der Waals surface area contributed by atoms with Gasteiger partial charge in [0.2, 0.25) is 0 Å². The fourth-order valence-corrected chi connectivity index (χ4v) is 1.36. The highest BCUT2D eigenvalue weighted by molar-refractivity contribution is 5.86. The zero-order valence-electron chi connectivity index (χ0n) is 14.5. The van der Waals surface area contributed by atoms with Crippen LogP contribution >= 0.6 is 0 Å². The van der Waals surface area contributed by atoms with Crippen LogP contribution in [-0.4, -0.2) is 22.2 Å². The van der Waals surface area contributed by atoms with Gasteiger partial charge in [0.15, 0.2) is 0 Å². The zero-order valence-corrected chi connectivity index (χ0v) is 14.5. The van der Waals surface area contributed by atoms with Gasteiger partial charge in [-0.1, -0.05) is 71.9 Å². The Labute approximate surface area is 143 Å². The third-order valence-electron chi connectivity index (χ3n) is 2.91. The minimum absolute atomic E-state index is 0.284. The summed E-state index contributed by atoms with van der Waals surface area (Å²) in [6, 6.07) is 0. The lowest BCUT2D eigenvalue weighted by Crippen LogP contribution is -1.94. The van der Waals surface area contributed by atoms with Crippen LogP contribution in [0.25, 0.3) is 0 Å². The Bertz CT molecular complexity index is 608. The van der Waals surface area contributed by atoms with E-state index in [-0.39, 0.29) is 11.1 Å². The van der Waals surface area contributed by atoms with Crippen LogP contribution in [0, 0.1) is 0 Å². The zero-order chi connectivity index (χ0) is 18.5. The normalized spacial score (nSPS) is 15.0. The SMILES string of the molecule is CC(C=CC=C(C)C(=O)O)=CC=CC=C(C)C=CC=C(C)C(=O)O. The van der Waals surface area contributed by atoms with E-state index in [4.69, 9.17) is 10.2 Å². The van der Waals surface area contributed by atoms with E-state index >= 15 is 0 Å². The second kappa shape index (κ2) is 11.7. The highest BCUT2D eigenvalue weighted by Crippen LogP contribution is 2.01. The molecular formula is C20H24O4. The summed E-state index contributed by atoms with van der Waals surface area (Å²) in [6.07, 6.45) is 17.7. The van der Waals surface area contributed by atoms with Gasteiger partial charge in [-0.25, -0.2) is 9.59 Å². The Kier molecular flexibility index (Phi) is 10.3. The lowest BCUT2D eigenvalue weighted by Gasteiger charge is -1.90. The van der Waals surface area contributed by atoms with E-state index in [1.165, 1.54) is 0 Å². The molecule has 0 unspecified atom stereocenters. The molecule has 0 aliphatic rings. The maximum absolute atomic E-state index is 10.6. The van der Waals surface area contributed by atoms with E-state index < -0.39 is 11.9 Å². The van der Waals surface area contributed by atoms with Crippen LogP contribution in [0.15, 0.2) is 83.1 Å². The van der Waals surface area contributed by atoms with Gasteiger partial charge >= 0.3 is 11.9 Å². The van der Waals surface area contributed by atoms with Crippen molar-refractivity contribution in [3.63, 3.8) is 0 Å². The largest absolute Gasteiger partial charge is 0.478 e. The molecule has 128 valence electrons. The van der Waals surface area contributed by atoms with Crippen LogP contribution in [0.2, 0.25) is 0 Å². The molecule has 2 N–H and O–H groups in total. The van der Waals surface area contributed by atoms with Crippen molar-refractivity contribution in [2.45, 2.75) is 27.7 Å². The van der Waals surface area contributed by atoms with Gasteiger partial charge in [0.1, 0.15) is 0 Å². The lowest BCUT2D eigenvalue weighted by atomic mass is 10.2. The summed E-state index contributed by atoms with van der Waals surface area (Å²) >= 11 is 0. The predicted molar refractivity (Wildman–Crippen MR) is 97.7 cm³/mol. The molecule has 0 aliphatic heterocycles. The molecule has 0 spiro atoms. The first-order chi connectivity index (χ1) is 11.2. The second-order valence-electron chi connectivity index (χ2n) is 5.23. The van der Waals surface area contributed by atoms with Crippen LogP contribution in [0.5, 0.6) is 0 Å². The van der Waals surface area contributed by atoms with Gasteiger partial charge in [-0.05, 0) is 27.7 Å². The van der Waals surface area contributed by atoms with Crippen LogP contribution in [0.1, 0.15) is 27.7 Å². The molecule has 4 heteroatoms. The molecule has 0 saturated heterocycles. The molecule has 0 bridgehead atoms. The summed E-state index contributed by atoms with van der Waals surface area (Å²) in [7, 11) is 0. The van der Waals surface area contributed by atoms with Crippen LogP contribution in [-0.2, 0) is 9.59 Å². The minimum Gasteiger partial charge on any atom is -0.478 e. The fourth-order valence-electron chi connectivity index (χ4n) is 1.36. The second-order valence-corrected chi connectivity index (χ2v) is 5.23. The number of carboxylic acid groups (broad SMARTS) is 2. The van der Waals surface area contributed by atoms with E-state index in [0.29, 0.717) is 0 Å². The Morgan fingerprint density at radius 2 is 0.917 bits per heavy atom. The van der Waals surface area contributed by atoms with E-state index in [2.05, 4.69) is 0 Å². The van der Waals surface area contributed by atoms with Crippen molar-refractivity contribution in [3.8, 4) is 0 Å². The number of aliphatic carboxylic acids is 2. The van der Waals surface area contributed by atoms with Gasteiger partial charge in [0.25, 0.3) is 0 Å². The highest BCUT2D eigenvalue weighted by atomic mass is 16.4. The molecule has 24 heavy (non-hydrogen) atoms. The first kappa shape index (κ1) is 21.1. The predicted octanol–water partition coefficient (Wildman–Crippen LogP) is 4.61. The van der Waals surface area contributed by atoms with Crippen molar-refractivity contribution in [1.82, 2.24) is 0 Å². The van der Waals surface area contributed by atoms with Gasteiger partial charge in [-0.2, -0.15) is 0 Å². The average molecular weight is 328 g/mol. The molecule has 0 saturated carbocycles. The van der Waals surface area contributed by atoms with Crippen molar-refractivity contribution in [2.24, 2.45) is 0 Å². The fraction of sp³-hybridized carbons (Fsp3) is 0.200. The van der Waals surface area contributed by atoms with Crippen LogP contribution < -0.4 is 0 Å². The summed E-state index contributed by atoms with van der Waals surface area (Å²) in [5, 5.41) is 17.4. The summed E-state index contributed by atoms with van der Waals surface area (Å²) in [4.78, 5) is 21.2. The number of rotatable bonds is 8. The van der Waals surface area contributed by atoms with Crippen molar-refractivity contribution < 1.29 is 19.8 Å². The molecule has 0 aromatic heterocycles. The Balaban J connectivity index is 4.63. The van der Waals surface area contributed by atoms with Crippen molar-refractivity contribution >= 4 is 11.9 Å². The van der Waals surface area contributed by atoms with E-state index in [0.717, 1.165) is 11.1 Å². The first-order valence-corrected chi connectivity index (χ1v) is 7.42. The summed E-state index contributed by atoms with van der Waals surface area (Å²) in [5.41, 5.74) is 2.55. The van der Waals surface area contributed by atoms with Gasteiger partial charge in [0, 0.05) is 11.1 Å². The molecule has 0 fully saturated rings. The molecule has 0 amide bonds. The number of hydrogen-bond acceptors (Lipinski definition) is 2. The first-order valence-electron chi connectivity index (χ1n) is 7.42. The van der Waals surface area contributed by atoms with E-state index in [1.54, 1.807) is 38.2 Å². The molecule has 0 aliphatic carbocycles. The molecule has 4 nitrogen and oxygen atoms in total. The van der Waals surface area contributed by atoms with Crippen molar-refractivity contribution in [1.29, 1.82) is 0 Å². The van der Waals surface area contributed by atoms with Gasteiger partial charge in [0.05, 0.1) is 0 Å². The van der Waals surface area contributed by atoms with Gasteiger partial charge < -0.3 is 10.2 Å². The smallest absolute Gasteiger partial charge is 0.331 e. The summed E-state index contributed by atoms with van der Waals surface area (Å²) in [6.45, 7) is 6.92. The van der Waals surface area contributed by atoms with Crippen LogP contribution in [0.4, 0.5) is 0 Å². The number of hydrogen-bond donors (Lipinski definition) is 2. The number of carboxylic acids is 2. The lowest BCUT2D eigenvalue weighted by molar-refractivity contribution is -0.133. The van der Waals surface area contributed by atoms with Crippen molar-refractivity contribution in [2.75, 3.05) is 0 Å². The third kappa shape index (κ3) is 10.8. The van der Waals surface area contributed by atoms with E-state index in [1.807, 2.05) is 50.3 Å². The topological polar surface area (TPSA) is 74.6 Å². The molecule has 0 rings (SSSR count). The standard InChI is InChI=1S/C20H24O4/c1-15(11-7-13-17(3)19(21)22)9-5-6-10-16(2)12-8-14-18(4)20(23)24/h5-14H,1-4H3,(H,21,22)(H,23,24). The summed E-state index contributed by atoms with van der Waals surface area (Å²) < 4.78 is 0. The molecule has 0 aromatic carbocycles. The Hall–Kier alpha value is -2.88. The van der Waals surface area contributed by atoms with Gasteiger partial charge in [-0.3, -0.25) is 0 Å². The van der Waals surface area contributed by atoms with Crippen molar-refractivity contribution in [3.05, 3.63) is 83.1 Å². The third-order valence-corrected chi connectivity index (χ3v) is 2.91. The minimum atomic E-state index is -0.928. The van der Waals surface area contributed by atoms with Crippen LogP contribution in [0.3, 0.4) is 0 Å². The monoisotopic (exact) mass is 328 g/mol. The molecule has 0 aromatic rings. The highest BCUT2D eigenvalue weighted by Gasteiger charge is 1.96. The molecule has 0 heterocycles. The number of allylic oxidation sites excluding steroid dienone is 12. The quantitative estimate of drug-likeness (QED) is 0.504. The maximum Gasteiger partial charge on any atom is 0.331 e. The Morgan fingerprint density at radius 1 is 0.583 bits per heavy atom. The molecular weight excluding hydrogens is 304 g/mol. The van der Waals surface area contributed by atoms with E-state index in [9.17, 15) is 9.59 Å². The molecule has 0 radical (unpaired) electrons. The average Bonchev–Trinajstić information content (AvgIpc) is 2.51. The van der Waals surface area contributed by atoms with Gasteiger partial charge in [-0.15, -0.1) is 0 Å². The molecule has 0 atom stereocenters. The maximum atomic E-state index is 10.6.